The van der Waals surface area contributed by atoms with E-state index in [1.807, 2.05) is 0 Å². The number of aliphatic hydroxyl groups excluding tert-OH is 1. The molecule has 2 rings (SSSR count). The Morgan fingerprint density at radius 3 is 2.86 bits per heavy atom. The highest BCUT2D eigenvalue weighted by molar-refractivity contribution is 5.93. The van der Waals surface area contributed by atoms with Crippen LogP contribution in [0.1, 0.15) is 36.0 Å². The molecular weight excluding hydrogens is 270 g/mol. The number of aromatic nitrogens is 2. The first-order chi connectivity index (χ1) is 10.2. The predicted octanol–water partition coefficient (Wildman–Crippen LogP) is 0.977. The Morgan fingerprint density at radius 1 is 1.24 bits per heavy atom. The van der Waals surface area contributed by atoms with Crippen molar-refractivity contribution in [3.63, 3.8) is 0 Å². The van der Waals surface area contributed by atoms with Crippen LogP contribution in [0.4, 0.5) is 0 Å². The zero-order valence-electron chi connectivity index (χ0n) is 11.8. The average molecular weight is 289 g/mol. The maximum atomic E-state index is 12.2. The zero-order valence-corrected chi connectivity index (χ0v) is 11.8. The lowest BCUT2D eigenvalue weighted by Crippen LogP contribution is -2.32. The van der Waals surface area contributed by atoms with Gasteiger partial charge in [-0.3, -0.25) is 14.0 Å². The van der Waals surface area contributed by atoms with E-state index in [1.165, 1.54) is 10.6 Å². The summed E-state index contributed by atoms with van der Waals surface area (Å²) in [5, 5.41) is 11.4. The second-order valence-electron chi connectivity index (χ2n) is 4.80. The van der Waals surface area contributed by atoms with Crippen molar-refractivity contribution in [3.05, 3.63) is 46.5 Å². The molecule has 0 atom stereocenters. The monoisotopic (exact) mass is 289 g/mol. The number of carbonyl (C=O) groups excluding carboxylic acids is 1. The molecule has 0 fully saturated rings. The van der Waals surface area contributed by atoms with Gasteiger partial charge in [-0.2, -0.15) is 0 Å². The van der Waals surface area contributed by atoms with Crippen LogP contribution in [-0.4, -0.2) is 33.6 Å². The fourth-order valence-corrected chi connectivity index (χ4v) is 2.07. The summed E-state index contributed by atoms with van der Waals surface area (Å²) in [5.41, 5.74) is 0.204. The van der Waals surface area contributed by atoms with Crippen LogP contribution in [0.25, 0.3) is 5.65 Å². The highest BCUT2D eigenvalue weighted by Crippen LogP contribution is 1.99. The minimum Gasteiger partial charge on any atom is -0.396 e. The molecule has 2 N–H and O–H groups in total. The number of hydrogen-bond acceptors (Lipinski definition) is 4. The summed E-state index contributed by atoms with van der Waals surface area (Å²) in [6.07, 6.45) is 6.40. The molecule has 21 heavy (non-hydrogen) atoms. The van der Waals surface area contributed by atoms with Crippen molar-refractivity contribution in [1.29, 1.82) is 0 Å². The summed E-state index contributed by atoms with van der Waals surface area (Å²) in [5.74, 6) is -0.395. The Morgan fingerprint density at radius 2 is 2.05 bits per heavy atom. The fourth-order valence-electron chi connectivity index (χ4n) is 2.07. The van der Waals surface area contributed by atoms with E-state index in [9.17, 15) is 9.59 Å². The van der Waals surface area contributed by atoms with E-state index in [-0.39, 0.29) is 17.7 Å². The molecule has 112 valence electrons. The van der Waals surface area contributed by atoms with Gasteiger partial charge >= 0.3 is 0 Å². The molecule has 2 aromatic rings. The van der Waals surface area contributed by atoms with Gasteiger partial charge in [0.1, 0.15) is 11.2 Å². The Kier molecular flexibility index (Phi) is 5.45. The van der Waals surface area contributed by atoms with Gasteiger partial charge in [-0.05, 0) is 25.0 Å². The van der Waals surface area contributed by atoms with Crippen LogP contribution in [0.15, 0.2) is 35.4 Å². The molecule has 0 bridgehead atoms. The van der Waals surface area contributed by atoms with E-state index in [0.29, 0.717) is 12.2 Å². The second kappa shape index (κ2) is 7.54. The van der Waals surface area contributed by atoms with E-state index in [4.69, 9.17) is 5.11 Å². The van der Waals surface area contributed by atoms with E-state index in [0.717, 1.165) is 25.7 Å². The molecule has 0 aliphatic rings. The van der Waals surface area contributed by atoms with Gasteiger partial charge in [0.15, 0.2) is 0 Å². The quantitative estimate of drug-likeness (QED) is 0.744. The molecule has 6 heteroatoms. The first-order valence-corrected chi connectivity index (χ1v) is 7.09. The van der Waals surface area contributed by atoms with Crippen LogP contribution in [0, 0.1) is 0 Å². The van der Waals surface area contributed by atoms with Crippen molar-refractivity contribution in [2.75, 3.05) is 13.2 Å². The normalized spacial score (nSPS) is 10.7. The summed E-state index contributed by atoms with van der Waals surface area (Å²) < 4.78 is 1.36. The third-order valence-corrected chi connectivity index (χ3v) is 3.23. The Balaban J connectivity index is 1.97. The Bertz CT molecular complexity index is 667. The molecule has 0 aliphatic carbocycles. The van der Waals surface area contributed by atoms with E-state index in [2.05, 4.69) is 10.3 Å². The van der Waals surface area contributed by atoms with Crippen LogP contribution >= 0.6 is 0 Å². The topological polar surface area (TPSA) is 83.7 Å². The molecular formula is C15H19N3O3. The number of fused-ring (bicyclic) bond motifs is 1. The molecule has 0 saturated heterocycles. The molecule has 0 spiro atoms. The van der Waals surface area contributed by atoms with Gasteiger partial charge in [-0.15, -0.1) is 0 Å². The van der Waals surface area contributed by atoms with Crippen LogP contribution in [0.2, 0.25) is 0 Å². The molecule has 1 amide bonds. The maximum absolute atomic E-state index is 12.2. The van der Waals surface area contributed by atoms with E-state index < -0.39 is 5.91 Å². The van der Waals surface area contributed by atoms with Gasteiger partial charge in [0, 0.05) is 25.5 Å². The van der Waals surface area contributed by atoms with Crippen molar-refractivity contribution < 1.29 is 9.90 Å². The Hall–Kier alpha value is -2.21. The highest BCUT2D eigenvalue weighted by atomic mass is 16.3. The van der Waals surface area contributed by atoms with Gasteiger partial charge < -0.3 is 10.4 Å². The lowest BCUT2D eigenvalue weighted by molar-refractivity contribution is 0.0950. The van der Waals surface area contributed by atoms with Crippen molar-refractivity contribution in [2.24, 2.45) is 0 Å². The molecule has 0 saturated carbocycles. The van der Waals surface area contributed by atoms with Gasteiger partial charge in [-0.25, -0.2) is 4.98 Å². The third-order valence-electron chi connectivity index (χ3n) is 3.23. The lowest BCUT2D eigenvalue weighted by atomic mass is 10.2. The van der Waals surface area contributed by atoms with Crippen LogP contribution in [0.3, 0.4) is 0 Å². The summed E-state index contributed by atoms with van der Waals surface area (Å²) in [4.78, 5) is 28.3. The number of aliphatic hydroxyl groups is 1. The number of pyridine rings is 1. The smallest absolute Gasteiger partial charge is 0.270 e. The molecule has 0 unspecified atom stereocenters. The first-order valence-electron chi connectivity index (χ1n) is 7.09. The van der Waals surface area contributed by atoms with Crippen LogP contribution in [-0.2, 0) is 0 Å². The number of unbranched alkanes of at least 4 members (excludes halogenated alkanes) is 3. The minimum absolute atomic E-state index is 0.0501. The number of nitrogens with zero attached hydrogens (tertiary/aromatic N) is 2. The number of amides is 1. The fraction of sp³-hybridized carbons (Fsp3) is 0.400. The van der Waals surface area contributed by atoms with Crippen molar-refractivity contribution >= 4 is 11.6 Å². The van der Waals surface area contributed by atoms with Gasteiger partial charge in [0.05, 0.1) is 0 Å². The molecule has 2 heterocycles. The van der Waals surface area contributed by atoms with Crippen LogP contribution in [0.5, 0.6) is 0 Å². The summed E-state index contributed by atoms with van der Waals surface area (Å²) in [7, 11) is 0. The zero-order chi connectivity index (χ0) is 15.1. The van der Waals surface area contributed by atoms with Crippen LogP contribution < -0.4 is 10.9 Å². The standard InChI is InChI=1S/C15H19N3O3/c19-10-6-2-1-4-8-16-14(20)12-11-17-13-7-3-5-9-18(13)15(12)21/h3,5,7,9,11,19H,1-2,4,6,8,10H2,(H,16,20). The van der Waals surface area contributed by atoms with Gasteiger partial charge in [0.2, 0.25) is 0 Å². The lowest BCUT2D eigenvalue weighted by Gasteiger charge is -2.06. The third kappa shape index (κ3) is 3.88. The SMILES string of the molecule is O=C(NCCCCCCO)c1cnc2ccccn2c1=O. The van der Waals surface area contributed by atoms with Gasteiger partial charge in [-0.1, -0.05) is 18.9 Å². The van der Waals surface area contributed by atoms with E-state index in [1.54, 1.807) is 24.4 Å². The molecule has 0 aliphatic heterocycles. The number of hydrogen-bond donors (Lipinski definition) is 2. The van der Waals surface area contributed by atoms with Crippen molar-refractivity contribution in [3.8, 4) is 0 Å². The molecule has 6 nitrogen and oxygen atoms in total. The van der Waals surface area contributed by atoms with Gasteiger partial charge in [0.25, 0.3) is 11.5 Å². The maximum Gasteiger partial charge on any atom is 0.270 e. The first kappa shape index (κ1) is 15.2. The highest BCUT2D eigenvalue weighted by Gasteiger charge is 2.12. The van der Waals surface area contributed by atoms with E-state index >= 15 is 0 Å². The molecule has 0 radical (unpaired) electrons. The van der Waals surface area contributed by atoms with Crippen molar-refractivity contribution in [2.45, 2.75) is 25.7 Å². The number of nitrogens with one attached hydrogen (secondary N) is 1. The molecule has 0 aromatic carbocycles. The molecule has 2 aromatic heterocycles. The summed E-state index contributed by atoms with van der Waals surface area (Å²) >= 11 is 0. The number of carbonyl (C=O) groups is 1. The Labute approximate surface area is 122 Å². The summed E-state index contributed by atoms with van der Waals surface area (Å²) in [6, 6.07) is 5.22. The minimum atomic E-state index is -0.395. The largest absolute Gasteiger partial charge is 0.396 e. The summed E-state index contributed by atoms with van der Waals surface area (Å²) in [6.45, 7) is 0.715. The predicted molar refractivity (Wildman–Crippen MR) is 79.3 cm³/mol. The van der Waals surface area contributed by atoms with Crippen molar-refractivity contribution in [1.82, 2.24) is 14.7 Å². The number of rotatable bonds is 7. The second-order valence-corrected chi connectivity index (χ2v) is 4.80. The average Bonchev–Trinajstić information content (AvgIpc) is 2.51.